The Balaban J connectivity index is 1.39. The molecule has 34 heavy (non-hydrogen) atoms. The van der Waals surface area contributed by atoms with Crippen LogP contribution in [0.5, 0.6) is 5.75 Å². The molecule has 4 aromatic rings. The summed E-state index contributed by atoms with van der Waals surface area (Å²) in [5.41, 5.74) is 3.28. The highest BCUT2D eigenvalue weighted by molar-refractivity contribution is 5.96. The van der Waals surface area contributed by atoms with Crippen LogP contribution in [0.2, 0.25) is 0 Å². The number of hydrogen-bond acceptors (Lipinski definition) is 7. The first-order valence-corrected chi connectivity index (χ1v) is 10.6. The third-order valence-electron chi connectivity index (χ3n) is 5.09. The number of hydrogen-bond donors (Lipinski definition) is 1. The molecule has 0 atom stereocenters. The van der Waals surface area contributed by atoms with Crippen LogP contribution in [-0.4, -0.2) is 33.4 Å². The van der Waals surface area contributed by atoms with Gasteiger partial charge in [-0.3, -0.25) is 4.79 Å². The molecule has 0 radical (unpaired) electrons. The van der Waals surface area contributed by atoms with Crippen molar-refractivity contribution in [2.24, 2.45) is 0 Å². The van der Waals surface area contributed by atoms with Crippen molar-refractivity contribution < 1.29 is 23.6 Å². The van der Waals surface area contributed by atoms with E-state index in [4.69, 9.17) is 14.0 Å². The predicted molar refractivity (Wildman–Crippen MR) is 124 cm³/mol. The maximum Gasteiger partial charge on any atom is 0.342 e. The Hall–Kier alpha value is -4.40. The van der Waals surface area contributed by atoms with Gasteiger partial charge in [-0.25, -0.2) is 9.48 Å². The van der Waals surface area contributed by atoms with Gasteiger partial charge < -0.3 is 19.3 Å². The molecule has 2 heterocycles. The van der Waals surface area contributed by atoms with Crippen molar-refractivity contribution in [3.8, 4) is 11.4 Å². The molecule has 4 rings (SSSR count). The molecule has 0 aliphatic heterocycles. The minimum Gasteiger partial charge on any atom is -0.488 e. The zero-order valence-electron chi connectivity index (χ0n) is 19.1. The molecule has 9 heteroatoms. The van der Waals surface area contributed by atoms with Crippen molar-refractivity contribution in [3.05, 3.63) is 88.9 Å². The van der Waals surface area contributed by atoms with Gasteiger partial charge in [0.05, 0.1) is 22.6 Å². The molecule has 0 unspecified atom stereocenters. The number of nitrogens with one attached hydrogen (secondary N) is 1. The van der Waals surface area contributed by atoms with Gasteiger partial charge in [0.25, 0.3) is 5.91 Å². The Morgan fingerprint density at radius 2 is 1.76 bits per heavy atom. The lowest BCUT2D eigenvalue weighted by Crippen LogP contribution is -2.22. The fraction of sp³-hybridized carbons (Fsp3) is 0.200. The van der Waals surface area contributed by atoms with Gasteiger partial charge in [0.2, 0.25) is 0 Å². The van der Waals surface area contributed by atoms with E-state index in [-0.39, 0.29) is 12.2 Å². The molecule has 1 amide bonds. The van der Waals surface area contributed by atoms with Crippen LogP contribution in [0.15, 0.2) is 65.2 Å². The van der Waals surface area contributed by atoms with E-state index in [1.807, 2.05) is 44.2 Å². The van der Waals surface area contributed by atoms with Gasteiger partial charge in [-0.1, -0.05) is 35.5 Å². The van der Waals surface area contributed by atoms with Crippen LogP contribution in [-0.2, 0) is 16.1 Å². The average molecular weight is 460 g/mol. The number of carbonyl (C=O) groups is 2. The molecule has 0 bridgehead atoms. The first-order valence-electron chi connectivity index (χ1n) is 10.6. The summed E-state index contributed by atoms with van der Waals surface area (Å²) in [6.45, 7) is 5.17. The molecule has 0 aliphatic rings. The molecule has 174 valence electrons. The zero-order valence-corrected chi connectivity index (χ0v) is 19.1. The Morgan fingerprint density at radius 1 is 1.03 bits per heavy atom. The maximum atomic E-state index is 12.7. The summed E-state index contributed by atoms with van der Waals surface area (Å²) in [6, 6.07) is 17.8. The number of amides is 1. The molecule has 0 fully saturated rings. The second-order valence-corrected chi connectivity index (χ2v) is 7.63. The van der Waals surface area contributed by atoms with Gasteiger partial charge >= 0.3 is 5.97 Å². The number of ether oxygens (including phenoxy) is 2. The van der Waals surface area contributed by atoms with Crippen molar-refractivity contribution in [2.75, 3.05) is 11.9 Å². The van der Waals surface area contributed by atoms with Gasteiger partial charge in [0.1, 0.15) is 29.5 Å². The van der Waals surface area contributed by atoms with E-state index >= 15 is 0 Å². The smallest absolute Gasteiger partial charge is 0.342 e. The SMILES string of the molecule is Cc1cc(NC(=O)COC(=O)c2ccccc2OCc2c(C)noc2C)n(-c2ccccc2)n1. The Labute approximate surface area is 196 Å². The summed E-state index contributed by atoms with van der Waals surface area (Å²) in [6.07, 6.45) is 0. The van der Waals surface area contributed by atoms with Crippen LogP contribution >= 0.6 is 0 Å². The lowest BCUT2D eigenvalue weighted by molar-refractivity contribution is -0.119. The first-order chi connectivity index (χ1) is 16.4. The van der Waals surface area contributed by atoms with Crippen LogP contribution in [0.3, 0.4) is 0 Å². The van der Waals surface area contributed by atoms with E-state index < -0.39 is 18.5 Å². The molecule has 0 aliphatic carbocycles. The quantitative estimate of drug-likeness (QED) is 0.393. The molecule has 9 nitrogen and oxygen atoms in total. The largest absolute Gasteiger partial charge is 0.488 e. The summed E-state index contributed by atoms with van der Waals surface area (Å²) < 4.78 is 17.8. The third-order valence-corrected chi connectivity index (χ3v) is 5.09. The van der Waals surface area contributed by atoms with E-state index in [2.05, 4.69) is 15.6 Å². The topological polar surface area (TPSA) is 108 Å². The summed E-state index contributed by atoms with van der Waals surface area (Å²) in [5.74, 6) is 0.314. The van der Waals surface area contributed by atoms with E-state index in [1.54, 1.807) is 41.9 Å². The number of aryl methyl sites for hydroxylation is 3. The van der Waals surface area contributed by atoms with E-state index in [0.29, 0.717) is 17.3 Å². The van der Waals surface area contributed by atoms with Crippen molar-refractivity contribution in [1.29, 1.82) is 0 Å². The highest BCUT2D eigenvalue weighted by atomic mass is 16.5. The molecule has 2 aromatic carbocycles. The summed E-state index contributed by atoms with van der Waals surface area (Å²) >= 11 is 0. The zero-order chi connectivity index (χ0) is 24.1. The highest BCUT2D eigenvalue weighted by Gasteiger charge is 2.18. The Bertz CT molecular complexity index is 1290. The predicted octanol–water partition coefficient (Wildman–Crippen LogP) is 4.16. The molecule has 0 saturated heterocycles. The molecule has 0 saturated carbocycles. The lowest BCUT2D eigenvalue weighted by Gasteiger charge is -2.12. The van der Waals surface area contributed by atoms with E-state index in [1.165, 1.54) is 0 Å². The van der Waals surface area contributed by atoms with Crippen LogP contribution < -0.4 is 10.1 Å². The summed E-state index contributed by atoms with van der Waals surface area (Å²) in [7, 11) is 0. The van der Waals surface area contributed by atoms with Gasteiger partial charge in [-0.05, 0) is 45.0 Å². The van der Waals surface area contributed by atoms with Crippen molar-refractivity contribution >= 4 is 17.7 Å². The van der Waals surface area contributed by atoms with Crippen molar-refractivity contribution in [1.82, 2.24) is 14.9 Å². The second kappa shape index (κ2) is 10.0. The average Bonchev–Trinajstić information content (AvgIpc) is 3.37. The second-order valence-electron chi connectivity index (χ2n) is 7.63. The van der Waals surface area contributed by atoms with Gasteiger partial charge in [-0.15, -0.1) is 0 Å². The minimum atomic E-state index is -0.669. The highest BCUT2D eigenvalue weighted by Crippen LogP contribution is 2.22. The molecule has 0 spiro atoms. The van der Waals surface area contributed by atoms with Gasteiger partial charge in [-0.2, -0.15) is 5.10 Å². The number of aromatic nitrogens is 3. The number of para-hydroxylation sites is 2. The number of esters is 1. The maximum absolute atomic E-state index is 12.7. The number of benzene rings is 2. The molecule has 1 N–H and O–H groups in total. The van der Waals surface area contributed by atoms with Crippen LogP contribution in [0.1, 0.15) is 33.1 Å². The normalized spacial score (nSPS) is 10.7. The molecular formula is C25H24N4O5. The Kier molecular flexibility index (Phi) is 6.72. The van der Waals surface area contributed by atoms with Crippen molar-refractivity contribution in [3.63, 3.8) is 0 Å². The lowest BCUT2D eigenvalue weighted by atomic mass is 10.2. The summed E-state index contributed by atoms with van der Waals surface area (Å²) in [4.78, 5) is 25.2. The number of rotatable bonds is 8. The number of anilines is 1. The fourth-order valence-electron chi connectivity index (χ4n) is 3.36. The van der Waals surface area contributed by atoms with Crippen LogP contribution in [0, 0.1) is 20.8 Å². The standard InChI is InChI=1S/C25H24N4O5/c1-16-13-23(29(27-16)19-9-5-4-6-10-19)26-24(30)15-33-25(31)20-11-7-8-12-22(20)32-14-21-17(2)28-34-18(21)3/h4-13H,14-15H2,1-3H3,(H,26,30). The molecule has 2 aromatic heterocycles. The van der Waals surface area contributed by atoms with E-state index in [0.717, 1.165) is 22.6 Å². The fourth-order valence-corrected chi connectivity index (χ4v) is 3.36. The van der Waals surface area contributed by atoms with Gasteiger partial charge in [0.15, 0.2) is 6.61 Å². The number of nitrogens with zero attached hydrogens (tertiary/aromatic N) is 3. The monoisotopic (exact) mass is 460 g/mol. The van der Waals surface area contributed by atoms with Crippen LogP contribution in [0.4, 0.5) is 5.82 Å². The molecular weight excluding hydrogens is 436 g/mol. The van der Waals surface area contributed by atoms with Gasteiger partial charge in [0, 0.05) is 6.07 Å². The third kappa shape index (κ3) is 5.15. The number of carbonyl (C=O) groups excluding carboxylic acids is 2. The summed E-state index contributed by atoms with van der Waals surface area (Å²) in [5, 5.41) is 11.1. The van der Waals surface area contributed by atoms with Crippen LogP contribution in [0.25, 0.3) is 5.69 Å². The van der Waals surface area contributed by atoms with Crippen molar-refractivity contribution in [2.45, 2.75) is 27.4 Å². The van der Waals surface area contributed by atoms with E-state index in [9.17, 15) is 9.59 Å². The first kappa shape index (κ1) is 22.8. The Morgan fingerprint density at radius 3 is 2.50 bits per heavy atom. The minimum absolute atomic E-state index is 0.189.